The largest absolute Gasteiger partial charge is 0.397 e. The van der Waals surface area contributed by atoms with Gasteiger partial charge >= 0.3 is 5.69 Å². The van der Waals surface area contributed by atoms with Crippen molar-refractivity contribution in [3.63, 3.8) is 0 Å². The number of aromatic nitrogens is 7. The molecular formula is C25H24N8O. The van der Waals surface area contributed by atoms with Crippen LogP contribution in [-0.2, 0) is 13.0 Å². The highest BCUT2D eigenvalue weighted by Crippen LogP contribution is 2.29. The van der Waals surface area contributed by atoms with Crippen LogP contribution in [0.5, 0.6) is 0 Å². The van der Waals surface area contributed by atoms with Crippen LogP contribution in [0.1, 0.15) is 24.6 Å². The summed E-state index contributed by atoms with van der Waals surface area (Å²) in [4.78, 5) is 17.6. The van der Waals surface area contributed by atoms with E-state index in [4.69, 9.17) is 5.73 Å². The molecule has 5 rings (SSSR count). The second kappa shape index (κ2) is 9.14. The van der Waals surface area contributed by atoms with Crippen molar-refractivity contribution in [2.45, 2.75) is 26.3 Å². The zero-order valence-corrected chi connectivity index (χ0v) is 18.7. The Hall–Kier alpha value is -4.53. The maximum absolute atomic E-state index is 13.3. The van der Waals surface area contributed by atoms with Crippen molar-refractivity contribution in [3.05, 3.63) is 94.9 Å². The molecule has 0 saturated heterocycles. The molecule has 0 radical (unpaired) electrons. The number of para-hydroxylation sites is 2. The number of nitrogens with one attached hydrogen (secondary N) is 1. The predicted octanol–water partition coefficient (Wildman–Crippen LogP) is 3.46. The molecule has 5 aromatic rings. The summed E-state index contributed by atoms with van der Waals surface area (Å²) in [5, 5.41) is 14.2. The molecule has 34 heavy (non-hydrogen) atoms. The van der Waals surface area contributed by atoms with Gasteiger partial charge in [-0.05, 0) is 46.2 Å². The molecule has 170 valence electrons. The van der Waals surface area contributed by atoms with Gasteiger partial charge in [0.25, 0.3) is 0 Å². The number of benzene rings is 2. The standard InChI is InChI=1S/C25H24N8O/c1-2-5-19-16-33(23-7-4-3-6-22(23)26)25(34)32(19)15-17-8-10-18(11-9-17)21-14-27-13-12-20(21)24-28-30-31-29-24/h3-4,6-14,16H,2,5,15,26H2,1H3,(H,28,29,30,31). The first-order valence-corrected chi connectivity index (χ1v) is 11.1. The molecule has 3 N–H and O–H groups in total. The van der Waals surface area contributed by atoms with Gasteiger partial charge < -0.3 is 5.73 Å². The number of rotatable bonds is 7. The maximum atomic E-state index is 13.3. The Kier molecular flexibility index (Phi) is 5.73. The highest BCUT2D eigenvalue weighted by molar-refractivity contribution is 5.79. The van der Waals surface area contributed by atoms with Crippen LogP contribution in [-0.4, -0.2) is 34.7 Å². The first-order valence-electron chi connectivity index (χ1n) is 11.1. The third-order valence-corrected chi connectivity index (χ3v) is 5.79. The first-order chi connectivity index (χ1) is 16.7. The van der Waals surface area contributed by atoms with Crippen LogP contribution in [0.4, 0.5) is 5.69 Å². The Morgan fingerprint density at radius 1 is 1.03 bits per heavy atom. The minimum atomic E-state index is -0.0993. The number of imidazole rings is 1. The van der Waals surface area contributed by atoms with Gasteiger partial charge in [0.15, 0.2) is 5.82 Å². The Morgan fingerprint density at radius 3 is 2.59 bits per heavy atom. The molecule has 3 heterocycles. The highest BCUT2D eigenvalue weighted by atomic mass is 16.1. The van der Waals surface area contributed by atoms with Crippen LogP contribution in [0.15, 0.2) is 78.0 Å². The van der Waals surface area contributed by atoms with E-state index in [0.29, 0.717) is 23.7 Å². The van der Waals surface area contributed by atoms with Crippen molar-refractivity contribution in [2.75, 3.05) is 5.73 Å². The average molecular weight is 453 g/mol. The summed E-state index contributed by atoms with van der Waals surface area (Å²) in [6.45, 7) is 2.58. The number of hydrogen-bond acceptors (Lipinski definition) is 6. The molecule has 0 aliphatic rings. The smallest absolute Gasteiger partial charge is 0.333 e. The van der Waals surface area contributed by atoms with E-state index in [2.05, 4.69) is 32.5 Å². The van der Waals surface area contributed by atoms with E-state index < -0.39 is 0 Å². The van der Waals surface area contributed by atoms with Gasteiger partial charge in [-0.1, -0.05) is 49.7 Å². The van der Waals surface area contributed by atoms with Gasteiger partial charge in [-0.25, -0.2) is 9.89 Å². The van der Waals surface area contributed by atoms with Gasteiger partial charge in [0, 0.05) is 35.4 Å². The van der Waals surface area contributed by atoms with E-state index in [0.717, 1.165) is 40.8 Å². The fourth-order valence-corrected chi connectivity index (χ4v) is 4.11. The van der Waals surface area contributed by atoms with Gasteiger partial charge in [0.2, 0.25) is 0 Å². The summed E-state index contributed by atoms with van der Waals surface area (Å²) in [5.74, 6) is 0.582. The molecule has 0 unspecified atom stereocenters. The van der Waals surface area contributed by atoms with Crippen molar-refractivity contribution >= 4 is 5.69 Å². The molecule has 0 saturated carbocycles. The zero-order valence-electron chi connectivity index (χ0n) is 18.7. The minimum absolute atomic E-state index is 0.0993. The quantitative estimate of drug-likeness (QED) is 0.365. The van der Waals surface area contributed by atoms with E-state index in [1.54, 1.807) is 23.0 Å². The summed E-state index contributed by atoms with van der Waals surface area (Å²) in [7, 11) is 0. The molecule has 9 heteroatoms. The second-order valence-corrected chi connectivity index (χ2v) is 8.04. The lowest BCUT2D eigenvalue weighted by Crippen LogP contribution is -2.25. The summed E-state index contributed by atoms with van der Waals surface area (Å²) < 4.78 is 3.46. The first kappa shape index (κ1) is 21.3. The van der Waals surface area contributed by atoms with Crippen molar-refractivity contribution in [1.29, 1.82) is 0 Å². The van der Waals surface area contributed by atoms with Gasteiger partial charge in [-0.3, -0.25) is 14.1 Å². The van der Waals surface area contributed by atoms with Gasteiger partial charge in [-0.2, -0.15) is 0 Å². The Labute approximate surface area is 195 Å². The number of nitrogens with two attached hydrogens (primary N) is 1. The van der Waals surface area contributed by atoms with Crippen LogP contribution in [0.2, 0.25) is 0 Å². The molecule has 0 fully saturated rings. The van der Waals surface area contributed by atoms with Crippen LogP contribution in [0, 0.1) is 0 Å². The minimum Gasteiger partial charge on any atom is -0.397 e. The number of H-pyrrole nitrogens is 1. The Bertz CT molecular complexity index is 1470. The summed E-state index contributed by atoms with van der Waals surface area (Å²) in [5.41, 5.74) is 12.1. The molecule has 2 aromatic carbocycles. The lowest BCUT2D eigenvalue weighted by atomic mass is 10.0. The molecule has 9 nitrogen and oxygen atoms in total. The van der Waals surface area contributed by atoms with E-state index in [1.165, 1.54) is 0 Å². The predicted molar refractivity (Wildman–Crippen MR) is 130 cm³/mol. The number of aromatic amines is 1. The molecule has 0 bridgehead atoms. The molecule has 0 spiro atoms. The van der Waals surface area contributed by atoms with E-state index in [-0.39, 0.29) is 5.69 Å². The number of tetrazole rings is 1. The molecule has 0 amide bonds. The summed E-state index contributed by atoms with van der Waals surface area (Å²) in [6, 6.07) is 17.4. The fraction of sp³-hybridized carbons (Fsp3) is 0.160. The topological polar surface area (TPSA) is 120 Å². The Morgan fingerprint density at radius 2 is 1.85 bits per heavy atom. The highest BCUT2D eigenvalue weighted by Gasteiger charge is 2.15. The van der Waals surface area contributed by atoms with Crippen LogP contribution in [0.3, 0.4) is 0 Å². The Balaban J connectivity index is 1.48. The van der Waals surface area contributed by atoms with E-state index in [1.807, 2.05) is 59.3 Å². The molecular weight excluding hydrogens is 428 g/mol. The summed E-state index contributed by atoms with van der Waals surface area (Å²) >= 11 is 0. The third-order valence-electron chi connectivity index (χ3n) is 5.79. The van der Waals surface area contributed by atoms with Crippen molar-refractivity contribution < 1.29 is 0 Å². The average Bonchev–Trinajstić information content (AvgIpc) is 3.50. The lowest BCUT2D eigenvalue weighted by Gasteiger charge is -2.10. The summed E-state index contributed by atoms with van der Waals surface area (Å²) in [6.07, 6.45) is 7.14. The van der Waals surface area contributed by atoms with Gasteiger partial charge in [-0.15, -0.1) is 5.10 Å². The van der Waals surface area contributed by atoms with Crippen LogP contribution < -0.4 is 11.4 Å². The lowest BCUT2D eigenvalue weighted by molar-refractivity contribution is 0.692. The van der Waals surface area contributed by atoms with Gasteiger partial charge in [0.05, 0.1) is 17.9 Å². The monoisotopic (exact) mass is 452 g/mol. The fourth-order valence-electron chi connectivity index (χ4n) is 4.11. The molecule has 3 aromatic heterocycles. The number of pyridine rings is 1. The third kappa shape index (κ3) is 3.99. The van der Waals surface area contributed by atoms with E-state index in [9.17, 15) is 4.79 Å². The maximum Gasteiger partial charge on any atom is 0.333 e. The van der Waals surface area contributed by atoms with Crippen molar-refractivity contribution in [1.82, 2.24) is 34.7 Å². The second-order valence-electron chi connectivity index (χ2n) is 8.04. The van der Waals surface area contributed by atoms with Crippen molar-refractivity contribution in [2.24, 2.45) is 0 Å². The van der Waals surface area contributed by atoms with Gasteiger partial charge in [0.1, 0.15) is 0 Å². The number of nitrogens with zero attached hydrogens (tertiary/aromatic N) is 6. The zero-order chi connectivity index (χ0) is 23.5. The molecule has 0 aliphatic heterocycles. The van der Waals surface area contributed by atoms with Crippen molar-refractivity contribution in [3.8, 4) is 28.2 Å². The van der Waals surface area contributed by atoms with E-state index >= 15 is 0 Å². The number of anilines is 1. The molecule has 0 atom stereocenters. The van der Waals surface area contributed by atoms with Crippen LogP contribution >= 0.6 is 0 Å². The normalized spacial score (nSPS) is 11.1. The van der Waals surface area contributed by atoms with Crippen LogP contribution in [0.25, 0.3) is 28.2 Å². The number of nitrogen functional groups attached to an aromatic ring is 1. The molecule has 0 aliphatic carbocycles. The number of hydrogen-bond donors (Lipinski definition) is 2. The number of aryl methyl sites for hydroxylation is 1. The SMILES string of the molecule is CCCc1cn(-c2ccccc2N)c(=O)n1Cc1ccc(-c2cnccc2-c2nnn[nH]2)cc1.